The van der Waals surface area contributed by atoms with Crippen LogP contribution in [0.2, 0.25) is 0 Å². The van der Waals surface area contributed by atoms with Crippen LogP contribution in [0.5, 0.6) is 5.75 Å². The van der Waals surface area contributed by atoms with Crippen molar-refractivity contribution in [3.05, 3.63) is 89.9 Å². The van der Waals surface area contributed by atoms with Gasteiger partial charge in [0.05, 0.1) is 23.4 Å². The number of benzene rings is 2. The van der Waals surface area contributed by atoms with Crippen molar-refractivity contribution in [3.63, 3.8) is 0 Å². The lowest BCUT2D eigenvalue weighted by Crippen LogP contribution is -2.23. The smallest absolute Gasteiger partial charge is 0.116 e. The number of nitrogens with zero attached hydrogens (tertiary/aromatic N) is 4. The highest BCUT2D eigenvalue weighted by Crippen LogP contribution is 2.29. The normalized spacial score (nSPS) is 18.3. The maximum atomic E-state index is 9.17. The molecule has 2 saturated carbocycles. The molecule has 3 unspecified atom stereocenters. The number of hydrogen-bond acceptors (Lipinski definition) is 5. The van der Waals surface area contributed by atoms with E-state index in [1.165, 1.54) is 81.5 Å². The van der Waals surface area contributed by atoms with Crippen molar-refractivity contribution >= 4 is 28.1 Å². The molecule has 6 nitrogen and oxygen atoms in total. The maximum Gasteiger partial charge on any atom is 0.116 e. The Balaban J connectivity index is 0.000000182. The van der Waals surface area contributed by atoms with E-state index in [0.29, 0.717) is 0 Å². The number of phenolic OH excluding ortho intramolecular Hbond substituents is 1. The van der Waals surface area contributed by atoms with Crippen LogP contribution in [0.3, 0.4) is 0 Å². The Morgan fingerprint density at radius 2 is 1.41 bits per heavy atom. The molecule has 3 atom stereocenters. The van der Waals surface area contributed by atoms with Gasteiger partial charge in [0, 0.05) is 42.0 Å². The molecule has 6 heteroatoms. The van der Waals surface area contributed by atoms with Crippen LogP contribution in [-0.2, 0) is 0 Å². The second-order valence-electron chi connectivity index (χ2n) is 14.6. The van der Waals surface area contributed by atoms with E-state index in [4.69, 9.17) is 5.73 Å². The molecule has 2 fully saturated rings. The van der Waals surface area contributed by atoms with Crippen LogP contribution in [0.4, 0.5) is 0 Å². The summed E-state index contributed by atoms with van der Waals surface area (Å²) in [5.41, 5.74) is 11.8. The van der Waals surface area contributed by atoms with Gasteiger partial charge in [-0.2, -0.15) is 0 Å². The van der Waals surface area contributed by atoms with Crippen molar-refractivity contribution in [2.24, 2.45) is 28.5 Å². The van der Waals surface area contributed by atoms with Gasteiger partial charge < -0.3 is 15.7 Å². The molecule has 2 heterocycles. The highest BCUT2D eigenvalue weighted by atomic mass is 16.3. The molecule has 2 aliphatic rings. The van der Waals surface area contributed by atoms with Gasteiger partial charge in [-0.1, -0.05) is 95.6 Å². The molecule has 2 aromatic heterocycles. The molecule has 2 aliphatic carbocycles. The second-order valence-corrected chi connectivity index (χ2v) is 14.6. The summed E-state index contributed by atoms with van der Waals surface area (Å²) in [7, 11) is 4.03. The quantitative estimate of drug-likeness (QED) is 0.158. The monoisotopic (exact) mass is 666 g/mol. The zero-order chi connectivity index (χ0) is 35.8. The summed E-state index contributed by atoms with van der Waals surface area (Å²) in [6.45, 7) is 14.9. The van der Waals surface area contributed by atoms with Crippen LogP contribution in [-0.4, -0.2) is 46.5 Å². The van der Waals surface area contributed by atoms with Crippen LogP contribution in [0, 0.1) is 38.5 Å². The number of fused-ring (bicyclic) bond motifs is 2. The first-order valence-corrected chi connectivity index (χ1v) is 18.4. The predicted molar refractivity (Wildman–Crippen MR) is 211 cm³/mol. The minimum Gasteiger partial charge on any atom is -0.508 e. The lowest BCUT2D eigenvalue weighted by molar-refractivity contribution is 0.301. The lowest BCUT2D eigenvalue weighted by atomic mass is 9.84. The van der Waals surface area contributed by atoms with E-state index in [2.05, 4.69) is 66.6 Å². The van der Waals surface area contributed by atoms with Gasteiger partial charge in [0.25, 0.3) is 0 Å². The first kappa shape index (κ1) is 39.5. The summed E-state index contributed by atoms with van der Waals surface area (Å²) >= 11 is 0. The molecule has 4 aromatic rings. The number of likely N-dealkylation sites (N-methyl/N-ethyl adjacent to an activating group) is 1. The van der Waals surface area contributed by atoms with Crippen LogP contribution in [0.25, 0.3) is 21.8 Å². The Morgan fingerprint density at radius 1 is 0.837 bits per heavy atom. The number of phenols is 1. The number of aromatic hydroxyl groups is 1. The first-order chi connectivity index (χ1) is 23.4. The van der Waals surface area contributed by atoms with E-state index < -0.39 is 0 Å². The van der Waals surface area contributed by atoms with Crippen molar-refractivity contribution in [1.29, 1.82) is 0 Å². The molecule has 0 saturated heterocycles. The van der Waals surface area contributed by atoms with Gasteiger partial charge in [0.1, 0.15) is 5.75 Å². The van der Waals surface area contributed by atoms with Crippen molar-refractivity contribution < 1.29 is 5.11 Å². The minimum atomic E-state index is 0.164. The van der Waals surface area contributed by atoms with Crippen molar-refractivity contribution in [3.8, 4) is 5.75 Å². The van der Waals surface area contributed by atoms with Gasteiger partial charge in [-0.25, -0.2) is 0 Å². The summed E-state index contributed by atoms with van der Waals surface area (Å²) in [5.74, 6) is 3.21. The fraction of sp³-hybridized carbons (Fsp3) is 0.512. The Morgan fingerprint density at radius 3 is 1.94 bits per heavy atom. The largest absolute Gasteiger partial charge is 0.508 e. The van der Waals surface area contributed by atoms with E-state index >= 15 is 0 Å². The molecule has 2 aromatic carbocycles. The average Bonchev–Trinajstić information content (AvgIpc) is 3.08. The summed E-state index contributed by atoms with van der Waals surface area (Å²) in [4.78, 5) is 15.1. The molecule has 3 N–H and O–H groups in total. The van der Waals surface area contributed by atoms with Gasteiger partial charge >= 0.3 is 0 Å². The number of aliphatic imine (C=N–C) groups is 1. The Hall–Kier alpha value is -3.93. The van der Waals surface area contributed by atoms with Gasteiger partial charge in [0.15, 0.2) is 0 Å². The molecule has 0 aliphatic heterocycles. The third-order valence-corrected chi connectivity index (χ3v) is 9.79. The van der Waals surface area contributed by atoms with Gasteiger partial charge in [-0.05, 0) is 100 Å². The van der Waals surface area contributed by atoms with E-state index in [9.17, 15) is 5.11 Å². The van der Waals surface area contributed by atoms with Crippen LogP contribution < -0.4 is 5.73 Å². The second kappa shape index (κ2) is 20.6. The molecule has 49 heavy (non-hydrogen) atoms. The van der Waals surface area contributed by atoms with E-state index in [1.807, 2.05) is 57.1 Å². The van der Waals surface area contributed by atoms with Crippen LogP contribution in [0.1, 0.15) is 101 Å². The highest BCUT2D eigenvalue weighted by molar-refractivity contribution is 5.80. The van der Waals surface area contributed by atoms with Crippen molar-refractivity contribution in [2.75, 3.05) is 14.1 Å². The van der Waals surface area contributed by atoms with Gasteiger partial charge in [0.2, 0.25) is 0 Å². The summed E-state index contributed by atoms with van der Waals surface area (Å²) in [6, 6.07) is 19.7. The van der Waals surface area contributed by atoms with Gasteiger partial charge in [-0.15, -0.1) is 0 Å². The molecular formula is C43H63N5O. The minimum absolute atomic E-state index is 0.164. The molecule has 0 spiro atoms. The number of pyridine rings is 2. The fourth-order valence-electron chi connectivity index (χ4n) is 6.90. The third kappa shape index (κ3) is 14.2. The average molecular weight is 666 g/mol. The molecule has 6 rings (SSSR count). The summed E-state index contributed by atoms with van der Waals surface area (Å²) in [6.07, 6.45) is 16.7. The predicted octanol–water partition coefficient (Wildman–Crippen LogP) is 10.7. The van der Waals surface area contributed by atoms with Crippen LogP contribution in [0.15, 0.2) is 77.9 Å². The topological polar surface area (TPSA) is 87.6 Å². The highest BCUT2D eigenvalue weighted by Gasteiger charge is 2.18. The first-order valence-electron chi connectivity index (χ1n) is 18.4. The van der Waals surface area contributed by atoms with Crippen LogP contribution >= 0.6 is 0 Å². The van der Waals surface area contributed by atoms with Crippen molar-refractivity contribution in [1.82, 2.24) is 14.9 Å². The lowest BCUT2D eigenvalue weighted by Gasteiger charge is -2.26. The molecule has 0 radical (unpaired) electrons. The maximum absolute atomic E-state index is 9.17. The number of rotatable bonds is 6. The third-order valence-electron chi connectivity index (χ3n) is 9.79. The molecule has 0 bridgehead atoms. The zero-order valence-electron chi connectivity index (χ0n) is 31.5. The van der Waals surface area contributed by atoms with E-state index in [1.54, 1.807) is 12.1 Å². The van der Waals surface area contributed by atoms with E-state index in [0.717, 1.165) is 57.7 Å². The number of hydrogen-bond donors (Lipinski definition) is 2. The van der Waals surface area contributed by atoms with Crippen molar-refractivity contribution in [2.45, 2.75) is 111 Å². The Labute approximate surface area is 297 Å². The SMILES string of the molecule is C=C(C(CCC1CCCCC1)N=CN)N(C)C.CC1CCCC(C)C1.Cc1ccc2cc(O)ccc2n1.Cc1ccc2nc(C)ccc2c1. The molecule has 266 valence electrons. The fourth-order valence-corrected chi connectivity index (χ4v) is 6.90. The standard InChI is InChI=1S/C14H27N3.C11H11N.C10H9NO.C8H16/c1-12(17(2)3)14(16-11-15)10-9-13-7-5-4-6-8-13;1-8-3-6-11-10(7-8)5-4-9(2)12-11;1-7-2-3-8-6-9(12)4-5-10(8)11-7;1-7-4-3-5-8(2)6-7/h11,13-14H,1,4-10H2,2-3H3,(H2,15,16);3-7H,1-2H3;2-6,12H,1H3;7-8H,3-6H2,1-2H3. The zero-order valence-corrected chi connectivity index (χ0v) is 31.5. The van der Waals surface area contributed by atoms with E-state index in [-0.39, 0.29) is 11.8 Å². The summed E-state index contributed by atoms with van der Waals surface area (Å²) < 4.78 is 0. The Kier molecular flexibility index (Phi) is 16.6. The van der Waals surface area contributed by atoms with Gasteiger partial charge in [-0.3, -0.25) is 15.0 Å². The number of aromatic nitrogens is 2. The number of nitrogens with two attached hydrogens (primary N) is 1. The Bertz CT molecular complexity index is 1430. The molecular weight excluding hydrogens is 603 g/mol. The summed E-state index contributed by atoms with van der Waals surface area (Å²) in [5, 5.41) is 11.4. The molecule has 0 amide bonds. The number of aryl methyl sites for hydroxylation is 3.